The number of fused-ring (bicyclic) bond motifs is 3. The first-order chi connectivity index (χ1) is 16.4. The van der Waals surface area contributed by atoms with E-state index in [1.165, 1.54) is 22.9 Å². The van der Waals surface area contributed by atoms with Gasteiger partial charge in [0.15, 0.2) is 17.3 Å². The van der Waals surface area contributed by atoms with Crippen LogP contribution in [0, 0.1) is 28.6 Å². The molecular weight excluding hydrogens is 468 g/mol. The van der Waals surface area contributed by atoms with Crippen LogP contribution >= 0.6 is 23.4 Å². The van der Waals surface area contributed by atoms with Gasteiger partial charge in [0.25, 0.3) is 0 Å². The van der Waals surface area contributed by atoms with E-state index in [0.717, 1.165) is 25.9 Å². The maximum Gasteiger partial charge on any atom is 0.184 e. The van der Waals surface area contributed by atoms with Crippen LogP contribution in [0.15, 0.2) is 46.5 Å². The minimum absolute atomic E-state index is 0.0533. The third-order valence-electron chi connectivity index (χ3n) is 7.80. The van der Waals surface area contributed by atoms with E-state index < -0.39 is 0 Å². The molecule has 0 amide bonds. The summed E-state index contributed by atoms with van der Waals surface area (Å²) in [6.07, 6.45) is 3.74. The largest absolute Gasteiger partial charge is 0.382 e. The summed E-state index contributed by atoms with van der Waals surface area (Å²) in [5.41, 5.74) is 21.9. The fourth-order valence-electron chi connectivity index (χ4n) is 6.17. The molecule has 172 valence electrons. The molecule has 2 aromatic heterocycles. The van der Waals surface area contributed by atoms with Crippen LogP contribution in [0.3, 0.4) is 0 Å². The molecule has 0 radical (unpaired) electrons. The highest BCUT2D eigenvalue weighted by Gasteiger charge is 2.64. The highest BCUT2D eigenvalue weighted by Crippen LogP contribution is 2.65. The number of hydrogen-bond acceptors (Lipinski definition) is 9. The SMILES string of the molecule is N#Cc1nc(Sc2ccnc(N)c2Cl)c(N)nc1N1CC2CC(C1)C21Cc2ccccc2[C@H]1N. The molecule has 3 fully saturated rings. The zero-order chi connectivity index (χ0) is 23.6. The van der Waals surface area contributed by atoms with Crippen molar-refractivity contribution in [3.05, 3.63) is 58.4 Å². The number of nitrogens with zero attached hydrogens (tertiary/aromatic N) is 5. The lowest BCUT2D eigenvalue weighted by atomic mass is 9.47. The number of halogens is 1. The lowest BCUT2D eigenvalue weighted by molar-refractivity contribution is -0.0813. The van der Waals surface area contributed by atoms with Crippen LogP contribution in [-0.4, -0.2) is 28.0 Å². The van der Waals surface area contributed by atoms with Crippen LogP contribution in [0.1, 0.15) is 29.3 Å². The Hall–Kier alpha value is -3.06. The molecule has 1 aromatic carbocycles. The smallest absolute Gasteiger partial charge is 0.184 e. The van der Waals surface area contributed by atoms with Crippen molar-refractivity contribution in [1.29, 1.82) is 5.26 Å². The average Bonchev–Trinajstić information content (AvgIpc) is 3.17. The van der Waals surface area contributed by atoms with Gasteiger partial charge in [0.05, 0.1) is 5.02 Å². The summed E-state index contributed by atoms with van der Waals surface area (Å²) in [6.45, 7) is 1.58. The van der Waals surface area contributed by atoms with E-state index in [1.54, 1.807) is 12.3 Å². The normalized spacial score (nSPS) is 26.7. The van der Waals surface area contributed by atoms with Gasteiger partial charge in [-0.15, -0.1) is 0 Å². The zero-order valence-electron chi connectivity index (χ0n) is 18.3. The molecule has 8 nitrogen and oxygen atoms in total. The molecule has 3 aromatic rings. The molecule has 1 spiro atoms. The van der Waals surface area contributed by atoms with E-state index in [9.17, 15) is 5.26 Å². The maximum atomic E-state index is 9.87. The van der Waals surface area contributed by atoms with Crippen molar-refractivity contribution in [2.45, 2.75) is 28.8 Å². The quantitative estimate of drug-likeness (QED) is 0.502. The number of benzene rings is 1. The monoisotopic (exact) mass is 490 g/mol. The van der Waals surface area contributed by atoms with Gasteiger partial charge in [0.1, 0.15) is 16.9 Å². The van der Waals surface area contributed by atoms with Gasteiger partial charge in [0.2, 0.25) is 0 Å². The van der Waals surface area contributed by atoms with Crippen molar-refractivity contribution in [2.24, 2.45) is 23.0 Å². The predicted molar refractivity (Wildman–Crippen MR) is 132 cm³/mol. The minimum atomic E-state index is 0.0533. The van der Waals surface area contributed by atoms with E-state index in [1.807, 2.05) is 0 Å². The molecule has 2 bridgehead atoms. The summed E-state index contributed by atoms with van der Waals surface area (Å²) in [7, 11) is 0. The number of hydrogen-bond donors (Lipinski definition) is 3. The standard InChI is InChI=1S/C24H23ClN8S/c25-18-17(5-6-30-20(18)28)34-23-21(29)32-22(16(9-26)31-23)33-10-13-7-14(11-33)24(13)8-12-3-1-2-4-15(12)19(24)27/h1-6,13-14,19H,7-8,10-11,27H2,(H2,28,30)(H2,29,32)/t13?,14?,19-,24?/m1/s1. The first kappa shape index (κ1) is 21.5. The van der Waals surface area contributed by atoms with Crippen molar-refractivity contribution >= 4 is 40.8 Å². The molecule has 2 aliphatic carbocycles. The number of anilines is 3. The van der Waals surface area contributed by atoms with Gasteiger partial charge in [-0.3, -0.25) is 0 Å². The number of nitriles is 1. The topological polar surface area (TPSA) is 144 Å². The molecule has 4 aliphatic rings. The molecule has 1 saturated carbocycles. The van der Waals surface area contributed by atoms with Crippen LogP contribution in [0.5, 0.6) is 0 Å². The first-order valence-corrected chi connectivity index (χ1v) is 12.4. The second-order valence-corrected chi connectivity index (χ2v) is 10.7. The first-order valence-electron chi connectivity index (χ1n) is 11.2. The van der Waals surface area contributed by atoms with Crippen LogP contribution in [0.25, 0.3) is 0 Å². The van der Waals surface area contributed by atoms with E-state index in [0.29, 0.717) is 32.6 Å². The molecule has 4 heterocycles. The lowest BCUT2D eigenvalue weighted by Gasteiger charge is -2.63. The Labute approximate surface area is 206 Å². The molecule has 2 aliphatic heterocycles. The highest BCUT2D eigenvalue weighted by molar-refractivity contribution is 7.99. The summed E-state index contributed by atoms with van der Waals surface area (Å²) in [4.78, 5) is 15.9. The van der Waals surface area contributed by atoms with Gasteiger partial charge >= 0.3 is 0 Å². The Morgan fingerprint density at radius 2 is 1.88 bits per heavy atom. The van der Waals surface area contributed by atoms with E-state index in [-0.39, 0.29) is 28.8 Å². The Balaban J connectivity index is 1.27. The molecule has 3 atom stereocenters. The fraction of sp³-hybridized carbons (Fsp3) is 0.333. The average molecular weight is 491 g/mol. The Morgan fingerprint density at radius 1 is 1.12 bits per heavy atom. The van der Waals surface area contributed by atoms with E-state index in [2.05, 4.69) is 50.2 Å². The van der Waals surface area contributed by atoms with E-state index >= 15 is 0 Å². The fourth-order valence-corrected chi connectivity index (χ4v) is 7.21. The minimum Gasteiger partial charge on any atom is -0.382 e. The summed E-state index contributed by atoms with van der Waals surface area (Å²) in [5, 5.41) is 10.6. The van der Waals surface area contributed by atoms with Crippen molar-refractivity contribution in [3.63, 3.8) is 0 Å². The Bertz CT molecular complexity index is 1340. The molecule has 7 rings (SSSR count). The van der Waals surface area contributed by atoms with Crippen LogP contribution in [0.4, 0.5) is 17.5 Å². The molecule has 34 heavy (non-hydrogen) atoms. The summed E-state index contributed by atoms with van der Waals surface area (Å²) in [5.74, 6) is 1.90. The van der Waals surface area contributed by atoms with Crippen molar-refractivity contribution in [1.82, 2.24) is 15.0 Å². The number of rotatable bonds is 3. The highest BCUT2D eigenvalue weighted by atomic mass is 35.5. The summed E-state index contributed by atoms with van der Waals surface area (Å²) in [6, 6.07) is 12.5. The van der Waals surface area contributed by atoms with Gasteiger partial charge in [-0.2, -0.15) is 5.26 Å². The number of pyridine rings is 1. The second-order valence-electron chi connectivity index (χ2n) is 9.31. The number of aromatic nitrogens is 3. The van der Waals surface area contributed by atoms with Crippen molar-refractivity contribution in [3.8, 4) is 6.07 Å². The zero-order valence-corrected chi connectivity index (χ0v) is 19.9. The summed E-state index contributed by atoms with van der Waals surface area (Å²) >= 11 is 7.49. The van der Waals surface area contributed by atoms with Gasteiger partial charge < -0.3 is 22.1 Å². The Morgan fingerprint density at radius 3 is 2.62 bits per heavy atom. The van der Waals surface area contributed by atoms with Gasteiger partial charge in [0, 0.05) is 35.6 Å². The second kappa shape index (κ2) is 7.73. The summed E-state index contributed by atoms with van der Waals surface area (Å²) < 4.78 is 0. The van der Waals surface area contributed by atoms with Crippen LogP contribution in [0.2, 0.25) is 5.02 Å². The molecule has 2 saturated heterocycles. The van der Waals surface area contributed by atoms with Crippen LogP contribution in [-0.2, 0) is 6.42 Å². The van der Waals surface area contributed by atoms with Crippen molar-refractivity contribution in [2.75, 3.05) is 29.5 Å². The van der Waals surface area contributed by atoms with Gasteiger partial charge in [-0.05, 0) is 41.9 Å². The molecule has 10 heteroatoms. The van der Waals surface area contributed by atoms with Gasteiger partial charge in [-0.25, -0.2) is 15.0 Å². The molecular formula is C24H23ClN8S. The number of nitrogens with two attached hydrogens (primary N) is 3. The van der Waals surface area contributed by atoms with Crippen molar-refractivity contribution < 1.29 is 0 Å². The third-order valence-corrected chi connectivity index (χ3v) is 9.36. The number of piperidine rings is 2. The molecule has 2 unspecified atom stereocenters. The van der Waals surface area contributed by atoms with Crippen LogP contribution < -0.4 is 22.1 Å². The number of nitrogen functional groups attached to an aromatic ring is 2. The predicted octanol–water partition coefficient (Wildman–Crippen LogP) is 3.41. The maximum absolute atomic E-state index is 9.87. The van der Waals surface area contributed by atoms with Gasteiger partial charge in [-0.1, -0.05) is 47.6 Å². The van der Waals surface area contributed by atoms with E-state index in [4.69, 9.17) is 28.8 Å². The lowest BCUT2D eigenvalue weighted by Crippen LogP contribution is -2.65. The third kappa shape index (κ3) is 2.99. The Kier molecular flexibility index (Phi) is 4.88. The molecule has 6 N–H and O–H groups in total.